The van der Waals surface area contributed by atoms with Gasteiger partial charge in [0.2, 0.25) is 0 Å². The first-order valence-electron chi connectivity index (χ1n) is 5.09. The van der Waals surface area contributed by atoms with Crippen molar-refractivity contribution in [3.8, 4) is 5.69 Å². The third-order valence-electron chi connectivity index (χ3n) is 2.56. The van der Waals surface area contributed by atoms with Crippen molar-refractivity contribution < 1.29 is 0 Å². The fraction of sp³-hybridized carbons (Fsp3) is 0. The molecule has 0 bridgehead atoms. The van der Waals surface area contributed by atoms with E-state index in [1.807, 2.05) is 22.8 Å². The minimum atomic E-state index is 0.543. The van der Waals surface area contributed by atoms with Crippen molar-refractivity contribution >= 4 is 28.5 Å². The zero-order valence-electron chi connectivity index (χ0n) is 8.84. The molecule has 0 radical (unpaired) electrons. The first-order chi connectivity index (χ1) is 8.25. The highest BCUT2D eigenvalue weighted by Gasteiger charge is 2.06. The molecular weight excluding hydrogens is 236 g/mol. The quantitative estimate of drug-likeness (QED) is 0.670. The lowest BCUT2D eigenvalue weighted by atomic mass is 10.3. The van der Waals surface area contributed by atoms with Gasteiger partial charge in [-0.2, -0.15) is 0 Å². The van der Waals surface area contributed by atoms with Gasteiger partial charge in [0, 0.05) is 6.20 Å². The van der Waals surface area contributed by atoms with E-state index in [0.29, 0.717) is 10.7 Å². The van der Waals surface area contributed by atoms with Crippen LogP contribution >= 0.6 is 11.6 Å². The van der Waals surface area contributed by atoms with Crippen LogP contribution in [-0.4, -0.2) is 14.5 Å². The second-order valence-corrected chi connectivity index (χ2v) is 4.07. The van der Waals surface area contributed by atoms with Crippen LogP contribution in [0.25, 0.3) is 16.9 Å². The minimum absolute atomic E-state index is 0.543. The van der Waals surface area contributed by atoms with Crippen LogP contribution in [0, 0.1) is 0 Å². The SMILES string of the molecule is Nc1cc(-n2cnc3cccnc32)ccc1Cl. The van der Waals surface area contributed by atoms with Crippen LogP contribution in [0.5, 0.6) is 0 Å². The third-order valence-corrected chi connectivity index (χ3v) is 2.91. The Balaban J connectivity index is 2.24. The lowest BCUT2D eigenvalue weighted by Crippen LogP contribution is -1.95. The number of nitrogens with zero attached hydrogens (tertiary/aromatic N) is 3. The maximum atomic E-state index is 5.89. The Kier molecular flexibility index (Phi) is 2.23. The van der Waals surface area contributed by atoms with E-state index in [9.17, 15) is 0 Å². The second-order valence-electron chi connectivity index (χ2n) is 3.67. The van der Waals surface area contributed by atoms with Crippen LogP contribution in [0.15, 0.2) is 42.9 Å². The molecule has 2 aromatic heterocycles. The third kappa shape index (κ3) is 1.62. The van der Waals surface area contributed by atoms with Crippen LogP contribution in [0.4, 0.5) is 5.69 Å². The summed E-state index contributed by atoms with van der Waals surface area (Å²) >= 11 is 5.89. The van der Waals surface area contributed by atoms with E-state index in [1.165, 1.54) is 0 Å². The number of anilines is 1. The molecule has 2 heterocycles. The van der Waals surface area contributed by atoms with Gasteiger partial charge in [0.15, 0.2) is 5.65 Å². The Labute approximate surface area is 103 Å². The zero-order valence-corrected chi connectivity index (χ0v) is 9.59. The number of hydrogen-bond acceptors (Lipinski definition) is 3. The van der Waals surface area contributed by atoms with Crippen LogP contribution < -0.4 is 5.73 Å². The van der Waals surface area contributed by atoms with Gasteiger partial charge in [-0.25, -0.2) is 9.97 Å². The zero-order chi connectivity index (χ0) is 11.8. The molecule has 2 N–H and O–H groups in total. The molecule has 0 aliphatic carbocycles. The highest BCUT2D eigenvalue weighted by Crippen LogP contribution is 2.23. The van der Waals surface area contributed by atoms with Gasteiger partial charge in [0.05, 0.1) is 16.4 Å². The largest absolute Gasteiger partial charge is 0.397 e. The van der Waals surface area contributed by atoms with Crippen LogP contribution in [0.3, 0.4) is 0 Å². The molecule has 3 rings (SSSR count). The van der Waals surface area contributed by atoms with Crippen molar-refractivity contribution in [2.24, 2.45) is 0 Å². The molecule has 0 spiro atoms. The second kappa shape index (κ2) is 3.75. The van der Waals surface area contributed by atoms with Crippen LogP contribution in [0.2, 0.25) is 5.02 Å². The Hall–Kier alpha value is -2.07. The van der Waals surface area contributed by atoms with Crippen molar-refractivity contribution in [1.29, 1.82) is 0 Å². The molecule has 0 fully saturated rings. The number of benzene rings is 1. The molecule has 4 nitrogen and oxygen atoms in total. The van der Waals surface area contributed by atoms with Gasteiger partial charge in [0.1, 0.15) is 11.8 Å². The topological polar surface area (TPSA) is 56.7 Å². The standard InChI is InChI=1S/C12H9ClN4/c13-9-4-3-8(6-10(9)14)17-7-16-11-2-1-5-15-12(11)17/h1-7H,14H2. The first-order valence-corrected chi connectivity index (χ1v) is 5.47. The van der Waals surface area contributed by atoms with Gasteiger partial charge < -0.3 is 5.73 Å². The minimum Gasteiger partial charge on any atom is -0.397 e. The van der Waals surface area contributed by atoms with Crippen molar-refractivity contribution in [3.05, 3.63) is 47.9 Å². The molecule has 0 amide bonds. The summed E-state index contributed by atoms with van der Waals surface area (Å²) in [7, 11) is 0. The first kappa shape index (κ1) is 10.1. The number of nitrogens with two attached hydrogens (primary N) is 1. The Bertz CT molecular complexity index is 690. The van der Waals surface area contributed by atoms with E-state index in [4.69, 9.17) is 17.3 Å². The average molecular weight is 245 g/mol. The molecule has 84 valence electrons. The number of aromatic nitrogens is 3. The number of halogens is 1. The molecule has 0 unspecified atom stereocenters. The summed E-state index contributed by atoms with van der Waals surface area (Å²) in [5.41, 5.74) is 8.87. The van der Waals surface area contributed by atoms with E-state index < -0.39 is 0 Å². The van der Waals surface area contributed by atoms with Crippen molar-refractivity contribution in [3.63, 3.8) is 0 Å². The molecular formula is C12H9ClN4. The molecule has 0 saturated heterocycles. The molecule has 1 aromatic carbocycles. The molecule has 0 saturated carbocycles. The number of rotatable bonds is 1. The lowest BCUT2D eigenvalue weighted by molar-refractivity contribution is 1.07. The van der Waals surface area contributed by atoms with E-state index in [1.54, 1.807) is 24.7 Å². The predicted octanol–water partition coefficient (Wildman–Crippen LogP) is 2.66. The molecule has 0 aliphatic rings. The maximum Gasteiger partial charge on any atom is 0.164 e. The van der Waals surface area contributed by atoms with Gasteiger partial charge in [0.25, 0.3) is 0 Å². The van der Waals surface area contributed by atoms with Gasteiger partial charge in [-0.1, -0.05) is 11.6 Å². The van der Waals surface area contributed by atoms with Gasteiger partial charge in [-0.05, 0) is 30.3 Å². The Morgan fingerprint density at radius 1 is 1.18 bits per heavy atom. The molecule has 0 atom stereocenters. The van der Waals surface area contributed by atoms with E-state index >= 15 is 0 Å². The molecule has 17 heavy (non-hydrogen) atoms. The summed E-state index contributed by atoms with van der Waals surface area (Å²) in [6.07, 6.45) is 3.46. The van der Waals surface area contributed by atoms with Gasteiger partial charge >= 0.3 is 0 Å². The molecule has 0 aliphatic heterocycles. The highest BCUT2D eigenvalue weighted by molar-refractivity contribution is 6.33. The van der Waals surface area contributed by atoms with Crippen LogP contribution in [-0.2, 0) is 0 Å². The highest BCUT2D eigenvalue weighted by atomic mass is 35.5. The number of hydrogen-bond donors (Lipinski definition) is 1. The summed E-state index contributed by atoms with van der Waals surface area (Å²) in [6, 6.07) is 9.22. The van der Waals surface area contributed by atoms with Crippen molar-refractivity contribution in [2.75, 3.05) is 5.73 Å². The lowest BCUT2D eigenvalue weighted by Gasteiger charge is -2.05. The fourth-order valence-electron chi connectivity index (χ4n) is 1.72. The van der Waals surface area contributed by atoms with E-state index in [2.05, 4.69) is 9.97 Å². The van der Waals surface area contributed by atoms with Crippen molar-refractivity contribution in [1.82, 2.24) is 14.5 Å². The maximum absolute atomic E-state index is 5.89. The predicted molar refractivity (Wildman–Crippen MR) is 68.3 cm³/mol. The summed E-state index contributed by atoms with van der Waals surface area (Å²) < 4.78 is 1.88. The van der Waals surface area contributed by atoms with E-state index in [0.717, 1.165) is 16.9 Å². The average Bonchev–Trinajstić information content (AvgIpc) is 2.76. The molecule has 3 aromatic rings. The van der Waals surface area contributed by atoms with Crippen molar-refractivity contribution in [2.45, 2.75) is 0 Å². The number of nitrogen functional groups attached to an aromatic ring is 1. The summed E-state index contributed by atoms with van der Waals surface area (Å²) in [5, 5.41) is 0.547. The Morgan fingerprint density at radius 2 is 2.06 bits per heavy atom. The normalized spacial score (nSPS) is 10.9. The summed E-state index contributed by atoms with van der Waals surface area (Å²) in [6.45, 7) is 0. The van der Waals surface area contributed by atoms with Gasteiger partial charge in [-0.15, -0.1) is 0 Å². The van der Waals surface area contributed by atoms with Crippen LogP contribution in [0.1, 0.15) is 0 Å². The van der Waals surface area contributed by atoms with Gasteiger partial charge in [-0.3, -0.25) is 4.57 Å². The monoisotopic (exact) mass is 244 g/mol. The molecule has 5 heteroatoms. The summed E-state index contributed by atoms with van der Waals surface area (Å²) in [5.74, 6) is 0. The Morgan fingerprint density at radius 3 is 2.88 bits per heavy atom. The number of imidazole rings is 1. The number of pyridine rings is 1. The fourth-order valence-corrected chi connectivity index (χ4v) is 1.84. The number of fused-ring (bicyclic) bond motifs is 1. The van der Waals surface area contributed by atoms with E-state index in [-0.39, 0.29) is 0 Å². The summed E-state index contributed by atoms with van der Waals surface area (Å²) in [4.78, 5) is 8.57. The smallest absolute Gasteiger partial charge is 0.164 e.